The highest BCUT2D eigenvalue weighted by molar-refractivity contribution is 9.10. The van der Waals surface area contributed by atoms with Gasteiger partial charge in [0.2, 0.25) is 0 Å². The Morgan fingerprint density at radius 2 is 1.67 bits per heavy atom. The molecule has 2 rings (SSSR count). The maximum absolute atomic E-state index is 11.9. The van der Waals surface area contributed by atoms with Crippen molar-refractivity contribution < 1.29 is 9.53 Å². The average Bonchev–Trinajstić information content (AvgIpc) is 2.40. The Hall–Kier alpha value is -1.61. The van der Waals surface area contributed by atoms with Crippen molar-refractivity contribution in [3.8, 4) is 0 Å². The number of carbonyl (C=O) groups excluding carboxylic acids is 1. The number of carbonyl (C=O) groups is 1. The molecule has 0 aliphatic heterocycles. The molecule has 0 aliphatic carbocycles. The van der Waals surface area contributed by atoms with Crippen LogP contribution in [0.15, 0.2) is 59.1 Å². The van der Waals surface area contributed by atoms with Gasteiger partial charge in [0.15, 0.2) is 0 Å². The van der Waals surface area contributed by atoms with E-state index in [-0.39, 0.29) is 12.1 Å². The first kappa shape index (κ1) is 12.8. The van der Waals surface area contributed by atoms with Crippen LogP contribution in [0.3, 0.4) is 0 Å². The Morgan fingerprint density at radius 3 is 2.28 bits per heavy atom. The maximum Gasteiger partial charge on any atom is 0.338 e. The molecule has 0 heterocycles. The summed E-state index contributed by atoms with van der Waals surface area (Å²) in [6.45, 7) is 1.87. The van der Waals surface area contributed by atoms with Gasteiger partial charge in [0.25, 0.3) is 0 Å². The Balaban J connectivity index is 2.06. The van der Waals surface area contributed by atoms with Crippen LogP contribution in [0.2, 0.25) is 0 Å². The van der Waals surface area contributed by atoms with Crippen molar-refractivity contribution in [1.29, 1.82) is 0 Å². The largest absolute Gasteiger partial charge is 0.454 e. The van der Waals surface area contributed by atoms with Gasteiger partial charge in [-0.05, 0) is 36.8 Å². The van der Waals surface area contributed by atoms with E-state index in [1.807, 2.05) is 49.4 Å². The monoisotopic (exact) mass is 304 g/mol. The fourth-order valence-electron chi connectivity index (χ4n) is 1.61. The quantitative estimate of drug-likeness (QED) is 0.787. The lowest BCUT2D eigenvalue weighted by atomic mass is 10.1. The smallest absolute Gasteiger partial charge is 0.338 e. The van der Waals surface area contributed by atoms with Crippen LogP contribution in [0.4, 0.5) is 0 Å². The molecule has 0 fully saturated rings. The maximum atomic E-state index is 11.9. The van der Waals surface area contributed by atoms with Gasteiger partial charge in [-0.15, -0.1) is 0 Å². The minimum absolute atomic E-state index is 0.248. The number of halogens is 1. The van der Waals surface area contributed by atoms with Crippen molar-refractivity contribution in [2.45, 2.75) is 13.0 Å². The minimum atomic E-state index is -0.307. The summed E-state index contributed by atoms with van der Waals surface area (Å²) < 4.78 is 6.35. The molecule has 0 amide bonds. The van der Waals surface area contributed by atoms with Crippen LogP contribution in [0, 0.1) is 0 Å². The lowest BCUT2D eigenvalue weighted by Crippen LogP contribution is -2.09. The van der Waals surface area contributed by atoms with E-state index >= 15 is 0 Å². The summed E-state index contributed by atoms with van der Waals surface area (Å²) in [6, 6.07) is 16.8. The third-order valence-electron chi connectivity index (χ3n) is 2.63. The highest BCUT2D eigenvalue weighted by Gasteiger charge is 2.12. The van der Waals surface area contributed by atoms with E-state index in [1.165, 1.54) is 0 Å². The molecule has 92 valence electrons. The van der Waals surface area contributed by atoms with Gasteiger partial charge in [-0.2, -0.15) is 0 Å². The fourth-order valence-corrected chi connectivity index (χ4v) is 1.87. The van der Waals surface area contributed by atoms with Gasteiger partial charge in [-0.25, -0.2) is 4.79 Å². The molecule has 0 saturated carbocycles. The van der Waals surface area contributed by atoms with Crippen molar-refractivity contribution in [3.05, 3.63) is 70.2 Å². The van der Waals surface area contributed by atoms with Crippen LogP contribution < -0.4 is 0 Å². The van der Waals surface area contributed by atoms with Crippen molar-refractivity contribution in [3.63, 3.8) is 0 Å². The zero-order chi connectivity index (χ0) is 13.0. The zero-order valence-corrected chi connectivity index (χ0v) is 11.6. The van der Waals surface area contributed by atoms with E-state index in [2.05, 4.69) is 15.9 Å². The second-order valence-corrected chi connectivity index (χ2v) is 4.88. The number of hydrogen-bond donors (Lipinski definition) is 0. The predicted molar refractivity (Wildman–Crippen MR) is 74.4 cm³/mol. The second-order valence-electron chi connectivity index (χ2n) is 3.97. The van der Waals surface area contributed by atoms with Gasteiger partial charge in [-0.1, -0.05) is 46.3 Å². The molecule has 18 heavy (non-hydrogen) atoms. The first-order valence-corrected chi connectivity index (χ1v) is 6.47. The first-order valence-electron chi connectivity index (χ1n) is 5.68. The van der Waals surface area contributed by atoms with Crippen LogP contribution in [-0.4, -0.2) is 5.97 Å². The Labute approximate surface area is 115 Å². The van der Waals surface area contributed by atoms with Crippen molar-refractivity contribution in [2.75, 3.05) is 0 Å². The molecular formula is C15H13BrO2. The molecule has 0 radical (unpaired) electrons. The standard InChI is InChI=1S/C15H13BrO2/c1-11(12-5-3-2-4-6-12)18-15(17)13-7-9-14(16)10-8-13/h2-11H,1H3. The molecule has 0 spiro atoms. The normalized spacial score (nSPS) is 11.9. The fraction of sp³-hybridized carbons (Fsp3) is 0.133. The molecule has 0 N–H and O–H groups in total. The van der Waals surface area contributed by atoms with Crippen LogP contribution in [0.1, 0.15) is 28.9 Å². The van der Waals surface area contributed by atoms with Gasteiger partial charge in [0, 0.05) is 4.47 Å². The van der Waals surface area contributed by atoms with E-state index in [1.54, 1.807) is 12.1 Å². The van der Waals surface area contributed by atoms with Gasteiger partial charge in [-0.3, -0.25) is 0 Å². The van der Waals surface area contributed by atoms with Gasteiger partial charge in [0.1, 0.15) is 6.10 Å². The Kier molecular flexibility index (Phi) is 4.15. The number of esters is 1. The second kappa shape index (κ2) is 5.83. The Bertz CT molecular complexity index is 520. The third kappa shape index (κ3) is 3.20. The highest BCUT2D eigenvalue weighted by atomic mass is 79.9. The molecule has 0 aliphatic rings. The molecule has 0 bridgehead atoms. The minimum Gasteiger partial charge on any atom is -0.454 e. The van der Waals surface area contributed by atoms with Crippen LogP contribution in [0.5, 0.6) is 0 Å². The molecule has 1 atom stereocenters. The Morgan fingerprint density at radius 1 is 1.06 bits per heavy atom. The summed E-state index contributed by atoms with van der Waals surface area (Å²) in [5.41, 5.74) is 1.55. The summed E-state index contributed by atoms with van der Waals surface area (Å²) in [5, 5.41) is 0. The van der Waals surface area contributed by atoms with Crippen LogP contribution in [-0.2, 0) is 4.74 Å². The number of rotatable bonds is 3. The third-order valence-corrected chi connectivity index (χ3v) is 3.16. The summed E-state index contributed by atoms with van der Waals surface area (Å²) in [5.74, 6) is -0.307. The highest BCUT2D eigenvalue weighted by Crippen LogP contribution is 2.19. The van der Waals surface area contributed by atoms with Crippen molar-refractivity contribution in [1.82, 2.24) is 0 Å². The molecule has 2 nitrogen and oxygen atoms in total. The number of ether oxygens (including phenoxy) is 1. The van der Waals surface area contributed by atoms with Gasteiger partial charge >= 0.3 is 5.97 Å². The molecular weight excluding hydrogens is 292 g/mol. The number of benzene rings is 2. The molecule has 2 aromatic rings. The zero-order valence-electron chi connectivity index (χ0n) is 9.97. The predicted octanol–water partition coefficient (Wildman–Crippen LogP) is 4.37. The summed E-state index contributed by atoms with van der Waals surface area (Å²) in [7, 11) is 0. The number of hydrogen-bond acceptors (Lipinski definition) is 2. The summed E-state index contributed by atoms with van der Waals surface area (Å²) in [4.78, 5) is 11.9. The van der Waals surface area contributed by atoms with Crippen LogP contribution >= 0.6 is 15.9 Å². The lowest BCUT2D eigenvalue weighted by Gasteiger charge is -2.13. The van der Waals surface area contributed by atoms with E-state index in [0.29, 0.717) is 5.56 Å². The topological polar surface area (TPSA) is 26.3 Å². The molecule has 0 aromatic heterocycles. The van der Waals surface area contributed by atoms with Gasteiger partial charge in [0.05, 0.1) is 5.56 Å². The molecule has 3 heteroatoms. The van der Waals surface area contributed by atoms with Crippen LogP contribution in [0.25, 0.3) is 0 Å². The molecule has 2 aromatic carbocycles. The molecule has 0 saturated heterocycles. The summed E-state index contributed by atoms with van der Waals surface area (Å²) >= 11 is 3.33. The van der Waals surface area contributed by atoms with E-state index in [4.69, 9.17) is 4.74 Å². The first-order chi connectivity index (χ1) is 8.66. The SMILES string of the molecule is CC(OC(=O)c1ccc(Br)cc1)c1ccccc1. The van der Waals surface area contributed by atoms with E-state index in [9.17, 15) is 4.79 Å². The van der Waals surface area contributed by atoms with Gasteiger partial charge < -0.3 is 4.74 Å². The van der Waals surface area contributed by atoms with E-state index < -0.39 is 0 Å². The molecule has 1 unspecified atom stereocenters. The van der Waals surface area contributed by atoms with Crippen molar-refractivity contribution >= 4 is 21.9 Å². The lowest BCUT2D eigenvalue weighted by molar-refractivity contribution is 0.0338. The average molecular weight is 305 g/mol. The van der Waals surface area contributed by atoms with Crippen molar-refractivity contribution in [2.24, 2.45) is 0 Å². The van der Waals surface area contributed by atoms with E-state index in [0.717, 1.165) is 10.0 Å². The summed E-state index contributed by atoms with van der Waals surface area (Å²) in [6.07, 6.45) is -0.248.